The fraction of sp³-hybridized carbons (Fsp3) is 0.267. The quantitative estimate of drug-likeness (QED) is 0.911. The highest BCUT2D eigenvalue weighted by atomic mass is 32.2. The first kappa shape index (κ1) is 18.0. The van der Waals surface area contributed by atoms with Gasteiger partial charge in [-0.25, -0.2) is 13.6 Å². The average Bonchev–Trinajstić information content (AvgIpc) is 2.84. The Morgan fingerprint density at radius 3 is 2.42 bits per heavy atom. The lowest BCUT2D eigenvalue weighted by atomic mass is 10.00. The van der Waals surface area contributed by atoms with E-state index in [0.717, 1.165) is 6.07 Å². The number of hydrogen-bond donors (Lipinski definition) is 1. The van der Waals surface area contributed by atoms with Crippen LogP contribution in [-0.2, 0) is 29.7 Å². The molecule has 2 N–H and O–H groups in total. The second-order valence-corrected chi connectivity index (χ2v) is 7.00. The molecule has 128 valence electrons. The largest absolute Gasteiger partial charge is 0.417 e. The van der Waals surface area contributed by atoms with Gasteiger partial charge in [0.15, 0.2) is 0 Å². The van der Waals surface area contributed by atoms with Crippen molar-refractivity contribution in [2.75, 3.05) is 5.75 Å². The third-order valence-electron chi connectivity index (χ3n) is 3.58. The Morgan fingerprint density at radius 2 is 1.92 bits per heavy atom. The minimum Gasteiger partial charge on any atom is -0.335 e. The Kier molecular flexibility index (Phi) is 4.73. The Hall–Kier alpha value is -2.31. The van der Waals surface area contributed by atoms with Gasteiger partial charge in [0.2, 0.25) is 10.0 Å². The molecular formula is C15H14F3N3O2S. The fourth-order valence-corrected chi connectivity index (χ4v) is 2.88. The molecule has 0 saturated heterocycles. The Labute approximate surface area is 137 Å². The minimum atomic E-state index is -4.62. The maximum absolute atomic E-state index is 13.4. The Bertz CT molecular complexity index is 909. The monoisotopic (exact) mass is 357 g/mol. The molecule has 0 radical (unpaired) electrons. The number of rotatable bonds is 4. The number of nitrogens with two attached hydrogens (primary N) is 1. The lowest BCUT2D eigenvalue weighted by molar-refractivity contribution is -0.137. The van der Waals surface area contributed by atoms with Crippen molar-refractivity contribution in [3.8, 4) is 17.3 Å². The minimum absolute atomic E-state index is 0.0779. The van der Waals surface area contributed by atoms with Gasteiger partial charge in [-0.2, -0.15) is 18.4 Å². The Morgan fingerprint density at radius 1 is 1.25 bits per heavy atom. The molecule has 24 heavy (non-hydrogen) atoms. The van der Waals surface area contributed by atoms with Gasteiger partial charge in [-0.05, 0) is 30.2 Å². The van der Waals surface area contributed by atoms with Gasteiger partial charge in [-0.3, -0.25) is 0 Å². The molecule has 1 aromatic heterocycles. The molecular weight excluding hydrogens is 343 g/mol. The summed E-state index contributed by atoms with van der Waals surface area (Å²) < 4.78 is 63.5. The maximum atomic E-state index is 13.4. The van der Waals surface area contributed by atoms with Crippen LogP contribution in [0.15, 0.2) is 30.3 Å². The number of primary sulfonamides is 1. The number of nitriles is 1. The van der Waals surface area contributed by atoms with Crippen LogP contribution in [0.5, 0.6) is 0 Å². The van der Waals surface area contributed by atoms with Gasteiger partial charge in [-0.1, -0.05) is 12.1 Å². The molecule has 0 spiro atoms. The number of nitrogens with zero attached hydrogens (tertiary/aromatic N) is 2. The van der Waals surface area contributed by atoms with Crippen molar-refractivity contribution >= 4 is 10.0 Å². The maximum Gasteiger partial charge on any atom is 0.417 e. The summed E-state index contributed by atoms with van der Waals surface area (Å²) >= 11 is 0. The molecule has 0 saturated carbocycles. The van der Waals surface area contributed by atoms with Crippen LogP contribution in [0.25, 0.3) is 11.3 Å². The predicted molar refractivity (Wildman–Crippen MR) is 82.2 cm³/mol. The zero-order valence-corrected chi connectivity index (χ0v) is 13.4. The van der Waals surface area contributed by atoms with Crippen LogP contribution in [0.2, 0.25) is 0 Å². The van der Waals surface area contributed by atoms with Crippen molar-refractivity contribution in [2.24, 2.45) is 12.2 Å². The van der Waals surface area contributed by atoms with E-state index >= 15 is 0 Å². The second-order valence-electron chi connectivity index (χ2n) is 5.27. The third-order valence-corrected chi connectivity index (χ3v) is 4.35. The van der Waals surface area contributed by atoms with E-state index in [2.05, 4.69) is 0 Å². The molecule has 0 aliphatic rings. The number of sulfonamides is 1. The summed E-state index contributed by atoms with van der Waals surface area (Å²) in [6, 6.07) is 8.38. The molecule has 5 nitrogen and oxygen atoms in total. The van der Waals surface area contributed by atoms with E-state index in [1.807, 2.05) is 6.07 Å². The van der Waals surface area contributed by atoms with Crippen LogP contribution in [0.4, 0.5) is 13.2 Å². The van der Waals surface area contributed by atoms with Crippen molar-refractivity contribution in [3.63, 3.8) is 0 Å². The van der Waals surface area contributed by atoms with Crippen LogP contribution in [0.3, 0.4) is 0 Å². The highest BCUT2D eigenvalue weighted by molar-refractivity contribution is 7.89. The van der Waals surface area contributed by atoms with Crippen molar-refractivity contribution in [1.29, 1.82) is 5.26 Å². The van der Waals surface area contributed by atoms with E-state index in [1.165, 1.54) is 35.9 Å². The lowest BCUT2D eigenvalue weighted by Gasteiger charge is -2.15. The van der Waals surface area contributed by atoms with Gasteiger partial charge in [0.25, 0.3) is 0 Å². The normalized spacial score (nSPS) is 12.2. The number of aromatic nitrogens is 1. The molecule has 0 unspecified atom stereocenters. The average molecular weight is 357 g/mol. The number of alkyl halides is 3. The lowest BCUT2D eigenvalue weighted by Crippen LogP contribution is -2.18. The van der Waals surface area contributed by atoms with E-state index in [0.29, 0.717) is 0 Å². The highest BCUT2D eigenvalue weighted by Crippen LogP contribution is 2.38. The summed E-state index contributed by atoms with van der Waals surface area (Å²) in [7, 11) is -2.26. The van der Waals surface area contributed by atoms with E-state index in [9.17, 15) is 21.6 Å². The molecule has 0 fully saturated rings. The first-order chi connectivity index (χ1) is 11.0. The van der Waals surface area contributed by atoms with E-state index < -0.39 is 27.5 Å². The standard InChI is InChI=1S/C15H14F3N3O2S/c1-21-11(9-19)3-5-14(21)12-4-2-10(6-7-24(20,22)23)8-13(12)15(16,17)18/h2-5,8H,6-7H2,1H3,(H2,20,22,23). The molecule has 9 heteroatoms. The zero-order chi connectivity index (χ0) is 18.1. The number of benzene rings is 1. The van der Waals surface area contributed by atoms with Crippen LogP contribution >= 0.6 is 0 Å². The molecule has 0 aliphatic heterocycles. The summed E-state index contributed by atoms with van der Waals surface area (Å²) in [5.41, 5.74) is -0.269. The predicted octanol–water partition coefficient (Wildman–Crippen LogP) is 2.41. The van der Waals surface area contributed by atoms with Gasteiger partial charge in [0, 0.05) is 18.3 Å². The van der Waals surface area contributed by atoms with Gasteiger partial charge in [0.05, 0.1) is 11.3 Å². The number of halogens is 3. The number of hydrogen-bond acceptors (Lipinski definition) is 3. The van der Waals surface area contributed by atoms with Gasteiger partial charge in [-0.15, -0.1) is 0 Å². The van der Waals surface area contributed by atoms with Crippen molar-refractivity contribution in [1.82, 2.24) is 4.57 Å². The summed E-state index contributed by atoms with van der Waals surface area (Å²) in [5, 5.41) is 13.8. The summed E-state index contributed by atoms with van der Waals surface area (Å²) in [6.07, 6.45) is -4.73. The van der Waals surface area contributed by atoms with E-state index in [4.69, 9.17) is 10.4 Å². The van der Waals surface area contributed by atoms with Crippen LogP contribution in [-0.4, -0.2) is 18.7 Å². The summed E-state index contributed by atoms with van der Waals surface area (Å²) in [6.45, 7) is 0. The van der Waals surface area contributed by atoms with Crippen LogP contribution in [0.1, 0.15) is 16.8 Å². The SMILES string of the molecule is Cn1c(C#N)ccc1-c1ccc(CCS(N)(=O)=O)cc1C(F)(F)F. The summed E-state index contributed by atoms with van der Waals surface area (Å²) in [4.78, 5) is 0. The fourth-order valence-electron chi connectivity index (χ4n) is 2.36. The third kappa shape index (κ3) is 3.96. The first-order valence-electron chi connectivity index (χ1n) is 6.79. The van der Waals surface area contributed by atoms with Crippen molar-refractivity contribution in [3.05, 3.63) is 47.2 Å². The topological polar surface area (TPSA) is 88.9 Å². The van der Waals surface area contributed by atoms with Crippen LogP contribution in [0, 0.1) is 11.3 Å². The highest BCUT2D eigenvalue weighted by Gasteiger charge is 2.34. The van der Waals surface area contributed by atoms with E-state index in [1.54, 1.807) is 0 Å². The molecule has 1 heterocycles. The molecule has 2 rings (SSSR count). The first-order valence-corrected chi connectivity index (χ1v) is 8.51. The molecule has 0 atom stereocenters. The smallest absolute Gasteiger partial charge is 0.335 e. The van der Waals surface area contributed by atoms with Gasteiger partial charge in [0.1, 0.15) is 11.8 Å². The molecule has 0 aliphatic carbocycles. The molecule has 2 aromatic rings. The van der Waals surface area contributed by atoms with Crippen molar-refractivity contribution in [2.45, 2.75) is 12.6 Å². The summed E-state index contributed by atoms with van der Waals surface area (Å²) in [5.74, 6) is -0.438. The van der Waals surface area contributed by atoms with Crippen molar-refractivity contribution < 1.29 is 21.6 Å². The molecule has 0 amide bonds. The van der Waals surface area contributed by atoms with E-state index in [-0.39, 0.29) is 28.9 Å². The molecule has 0 bridgehead atoms. The van der Waals surface area contributed by atoms with Gasteiger partial charge >= 0.3 is 6.18 Å². The van der Waals surface area contributed by atoms with Gasteiger partial charge < -0.3 is 4.57 Å². The zero-order valence-electron chi connectivity index (χ0n) is 12.6. The van der Waals surface area contributed by atoms with Crippen LogP contribution < -0.4 is 5.14 Å². The Balaban J connectivity index is 2.53. The molecule has 1 aromatic carbocycles. The second kappa shape index (κ2) is 6.30. The number of aryl methyl sites for hydroxylation is 1.